The van der Waals surface area contributed by atoms with Gasteiger partial charge in [-0.15, -0.1) is 6.58 Å². The van der Waals surface area contributed by atoms with Crippen LogP contribution in [0.3, 0.4) is 0 Å². The van der Waals surface area contributed by atoms with Gasteiger partial charge >= 0.3 is 10.5 Å². The Morgan fingerprint density at radius 3 is 2.82 bits per heavy atom. The SMILES string of the molecule is C=CC1Cc2cc(C3=NNC(=O)CC3)ccc2C1N=S(=O)=O. The lowest BCUT2D eigenvalue weighted by atomic mass is 9.99. The highest BCUT2D eigenvalue weighted by Gasteiger charge is 2.31. The highest BCUT2D eigenvalue weighted by atomic mass is 32.2. The molecular weight excluding hydrogens is 302 g/mol. The van der Waals surface area contributed by atoms with E-state index in [-0.39, 0.29) is 11.8 Å². The van der Waals surface area contributed by atoms with Crippen molar-refractivity contribution in [3.05, 3.63) is 47.5 Å². The van der Waals surface area contributed by atoms with E-state index in [1.165, 1.54) is 0 Å². The molecule has 7 heteroatoms. The van der Waals surface area contributed by atoms with Crippen molar-refractivity contribution in [1.82, 2.24) is 5.43 Å². The first-order chi connectivity index (χ1) is 10.6. The molecule has 2 aliphatic rings. The Morgan fingerprint density at radius 2 is 2.18 bits per heavy atom. The minimum Gasteiger partial charge on any atom is -0.273 e. The van der Waals surface area contributed by atoms with E-state index in [0.29, 0.717) is 19.3 Å². The topological polar surface area (TPSA) is 88.0 Å². The second-order valence-corrected chi connectivity index (χ2v) is 6.02. The monoisotopic (exact) mass is 317 g/mol. The van der Waals surface area contributed by atoms with Crippen molar-refractivity contribution in [2.75, 3.05) is 0 Å². The number of nitrogens with one attached hydrogen (secondary N) is 1. The standard InChI is InChI=1S/C15H15N3O3S/c1-2-9-7-11-8-10(13-5-6-14(19)17-16-13)3-4-12(11)15(9)18-22(20)21/h2-4,8-9,15H,1,5-7H2,(H,17,19). The van der Waals surface area contributed by atoms with E-state index >= 15 is 0 Å². The summed E-state index contributed by atoms with van der Waals surface area (Å²) in [7, 11) is -2.44. The van der Waals surface area contributed by atoms with Crippen LogP contribution >= 0.6 is 0 Å². The van der Waals surface area contributed by atoms with Gasteiger partial charge in [-0.05, 0) is 29.2 Å². The zero-order valence-electron chi connectivity index (χ0n) is 11.8. The molecule has 0 radical (unpaired) electrons. The van der Waals surface area contributed by atoms with Crippen molar-refractivity contribution < 1.29 is 13.2 Å². The quantitative estimate of drug-likeness (QED) is 0.862. The zero-order valence-corrected chi connectivity index (χ0v) is 12.6. The third-order valence-electron chi connectivity index (χ3n) is 4.06. The maximum atomic E-state index is 11.2. The summed E-state index contributed by atoms with van der Waals surface area (Å²) in [4.78, 5) is 11.2. The molecule has 1 aliphatic heterocycles. The van der Waals surface area contributed by atoms with E-state index in [2.05, 4.69) is 21.5 Å². The van der Waals surface area contributed by atoms with Crippen LogP contribution in [0.5, 0.6) is 0 Å². The van der Waals surface area contributed by atoms with E-state index in [0.717, 1.165) is 22.4 Å². The smallest absolute Gasteiger partial charge is 0.273 e. The first kappa shape index (κ1) is 14.6. The number of carbonyl (C=O) groups is 1. The Kier molecular flexibility index (Phi) is 3.89. The number of hydrogen-bond acceptors (Lipinski definition) is 5. The Morgan fingerprint density at radius 1 is 1.36 bits per heavy atom. The fraction of sp³-hybridized carbons (Fsp3) is 0.333. The maximum absolute atomic E-state index is 11.2. The van der Waals surface area contributed by atoms with Crippen LogP contribution in [-0.2, 0) is 21.7 Å². The van der Waals surface area contributed by atoms with Gasteiger partial charge in [0.25, 0.3) is 0 Å². The average Bonchev–Trinajstić information content (AvgIpc) is 2.84. The first-order valence-electron chi connectivity index (χ1n) is 7.00. The van der Waals surface area contributed by atoms with Crippen LogP contribution in [0.25, 0.3) is 0 Å². The summed E-state index contributed by atoms with van der Waals surface area (Å²) in [5.74, 6) is -0.0930. The van der Waals surface area contributed by atoms with Crippen LogP contribution in [0.1, 0.15) is 35.6 Å². The molecule has 0 fully saturated rings. The van der Waals surface area contributed by atoms with E-state index in [1.807, 2.05) is 18.2 Å². The number of benzene rings is 1. The molecule has 1 heterocycles. The van der Waals surface area contributed by atoms with Gasteiger partial charge in [-0.1, -0.05) is 18.2 Å². The largest absolute Gasteiger partial charge is 0.311 e. The minimum absolute atomic E-state index is 0.0175. The first-order valence-corrected chi connectivity index (χ1v) is 8.03. The molecule has 0 saturated carbocycles. The lowest BCUT2D eigenvalue weighted by Gasteiger charge is -2.13. The fourth-order valence-electron chi connectivity index (χ4n) is 2.97. The predicted octanol–water partition coefficient (Wildman–Crippen LogP) is 1.76. The van der Waals surface area contributed by atoms with Gasteiger partial charge in [-0.3, -0.25) is 4.79 Å². The van der Waals surface area contributed by atoms with Crippen LogP contribution in [0, 0.1) is 5.92 Å². The Hall–Kier alpha value is -2.28. The zero-order chi connectivity index (χ0) is 15.7. The summed E-state index contributed by atoms with van der Waals surface area (Å²) >= 11 is 0. The molecule has 0 spiro atoms. The Labute approximate surface area is 129 Å². The average molecular weight is 317 g/mol. The van der Waals surface area contributed by atoms with Gasteiger partial charge in [0.05, 0.1) is 11.8 Å². The summed E-state index contributed by atoms with van der Waals surface area (Å²) < 4.78 is 25.6. The van der Waals surface area contributed by atoms with Gasteiger partial charge in [-0.2, -0.15) is 17.9 Å². The van der Waals surface area contributed by atoms with Gasteiger partial charge < -0.3 is 0 Å². The summed E-state index contributed by atoms with van der Waals surface area (Å²) in [6, 6.07) is 5.41. The Balaban J connectivity index is 1.98. The van der Waals surface area contributed by atoms with Gasteiger partial charge in [0.2, 0.25) is 5.91 Å². The normalized spacial score (nSPS) is 23.3. The highest BCUT2D eigenvalue weighted by Crippen LogP contribution is 2.40. The lowest BCUT2D eigenvalue weighted by molar-refractivity contribution is -0.121. The molecule has 1 aromatic rings. The number of fused-ring (bicyclic) bond motifs is 1. The van der Waals surface area contributed by atoms with E-state index in [9.17, 15) is 13.2 Å². The maximum Gasteiger partial charge on any atom is 0.311 e. The summed E-state index contributed by atoms with van der Waals surface area (Å²) in [5.41, 5.74) is 6.25. The second kappa shape index (κ2) is 5.84. The number of carbonyl (C=O) groups excluding carboxylic acids is 1. The van der Waals surface area contributed by atoms with Gasteiger partial charge in [0.15, 0.2) is 0 Å². The fourth-order valence-corrected chi connectivity index (χ4v) is 3.42. The van der Waals surface area contributed by atoms with Gasteiger partial charge in [0.1, 0.15) is 0 Å². The molecule has 2 atom stereocenters. The minimum atomic E-state index is -2.44. The number of amides is 1. The molecule has 1 N–H and O–H groups in total. The van der Waals surface area contributed by atoms with Crippen LogP contribution in [0.15, 0.2) is 40.3 Å². The Bertz CT molecular complexity index is 803. The lowest BCUT2D eigenvalue weighted by Crippen LogP contribution is -2.25. The second-order valence-electron chi connectivity index (χ2n) is 5.38. The predicted molar refractivity (Wildman–Crippen MR) is 81.8 cm³/mol. The van der Waals surface area contributed by atoms with Crippen molar-refractivity contribution in [1.29, 1.82) is 0 Å². The number of rotatable bonds is 3. The van der Waals surface area contributed by atoms with Crippen LogP contribution in [0.4, 0.5) is 0 Å². The molecule has 1 aliphatic carbocycles. The van der Waals surface area contributed by atoms with Crippen molar-refractivity contribution >= 4 is 22.1 Å². The highest BCUT2D eigenvalue weighted by molar-refractivity contribution is 7.61. The molecule has 114 valence electrons. The van der Waals surface area contributed by atoms with Crippen LogP contribution in [-0.4, -0.2) is 20.0 Å². The third-order valence-corrected chi connectivity index (χ3v) is 4.46. The molecule has 0 bridgehead atoms. The molecule has 0 aromatic heterocycles. The molecule has 1 amide bonds. The van der Waals surface area contributed by atoms with Crippen LogP contribution in [0.2, 0.25) is 0 Å². The molecule has 2 unspecified atom stereocenters. The summed E-state index contributed by atoms with van der Waals surface area (Å²) in [6.45, 7) is 3.77. The number of nitrogens with zero attached hydrogens (tertiary/aromatic N) is 2. The van der Waals surface area contributed by atoms with Crippen molar-refractivity contribution in [2.45, 2.75) is 25.3 Å². The van der Waals surface area contributed by atoms with Crippen molar-refractivity contribution in [3.8, 4) is 0 Å². The van der Waals surface area contributed by atoms with Gasteiger partial charge in [-0.25, -0.2) is 5.43 Å². The van der Waals surface area contributed by atoms with Gasteiger partial charge in [0, 0.05) is 18.8 Å². The molecule has 1 aromatic carbocycles. The summed E-state index contributed by atoms with van der Waals surface area (Å²) in [6.07, 6.45) is 3.49. The number of hydrazone groups is 1. The molecule has 22 heavy (non-hydrogen) atoms. The van der Waals surface area contributed by atoms with Crippen LogP contribution < -0.4 is 5.43 Å². The molecule has 0 saturated heterocycles. The van der Waals surface area contributed by atoms with Crippen molar-refractivity contribution in [2.24, 2.45) is 15.4 Å². The third kappa shape index (κ3) is 2.71. The van der Waals surface area contributed by atoms with Crippen molar-refractivity contribution in [3.63, 3.8) is 0 Å². The summed E-state index contributed by atoms with van der Waals surface area (Å²) in [5, 5.41) is 4.09. The molecule has 3 rings (SSSR count). The van der Waals surface area contributed by atoms with E-state index < -0.39 is 16.5 Å². The molecule has 6 nitrogen and oxygen atoms in total. The van der Waals surface area contributed by atoms with E-state index in [4.69, 9.17) is 0 Å². The molecular formula is C15H15N3O3S. The van der Waals surface area contributed by atoms with E-state index in [1.54, 1.807) is 6.08 Å². The number of hydrogen-bond donors (Lipinski definition) is 1.